The average Bonchev–Trinajstić information content (AvgIpc) is 2.91. The highest BCUT2D eigenvalue weighted by molar-refractivity contribution is 7.99. The van der Waals surface area contributed by atoms with Gasteiger partial charge in [0.2, 0.25) is 6.79 Å². The Bertz CT molecular complexity index is 826. The molecule has 2 aromatic rings. The largest absolute Gasteiger partial charge is 0.478 e. The van der Waals surface area contributed by atoms with Crippen LogP contribution in [0.2, 0.25) is 0 Å². The quantitative estimate of drug-likeness (QED) is 0.902. The standard InChI is InChI=1S/C18H14O4S/c19-18(20)13-5-6-23-17-4-2-11(7-14(17)8-13)12-1-3-15-16(9-12)22-10-21-15/h1-4,7-9H,5-6,10H2,(H,19,20). The Morgan fingerprint density at radius 1 is 1.04 bits per heavy atom. The van der Waals surface area contributed by atoms with E-state index in [-0.39, 0.29) is 6.79 Å². The third kappa shape index (κ3) is 2.68. The molecule has 5 heteroatoms. The lowest BCUT2D eigenvalue weighted by Crippen LogP contribution is -2.00. The summed E-state index contributed by atoms with van der Waals surface area (Å²) in [6.45, 7) is 0.254. The molecule has 0 aliphatic carbocycles. The minimum Gasteiger partial charge on any atom is -0.478 e. The summed E-state index contributed by atoms with van der Waals surface area (Å²) in [6.07, 6.45) is 2.36. The first kappa shape index (κ1) is 14.2. The number of ether oxygens (including phenoxy) is 2. The molecule has 0 spiro atoms. The molecule has 0 saturated carbocycles. The van der Waals surface area contributed by atoms with E-state index in [0.717, 1.165) is 38.8 Å². The van der Waals surface area contributed by atoms with Crippen LogP contribution in [0.3, 0.4) is 0 Å². The van der Waals surface area contributed by atoms with E-state index in [1.54, 1.807) is 17.8 Å². The fourth-order valence-electron chi connectivity index (χ4n) is 2.75. The molecule has 0 aromatic heterocycles. The van der Waals surface area contributed by atoms with Gasteiger partial charge >= 0.3 is 5.97 Å². The Morgan fingerprint density at radius 3 is 2.70 bits per heavy atom. The summed E-state index contributed by atoms with van der Waals surface area (Å²) in [5.74, 6) is 1.45. The van der Waals surface area contributed by atoms with E-state index in [1.165, 1.54) is 0 Å². The van der Waals surface area contributed by atoms with Gasteiger partial charge in [-0.1, -0.05) is 12.1 Å². The number of hydrogen-bond donors (Lipinski definition) is 1. The van der Waals surface area contributed by atoms with Crippen molar-refractivity contribution in [2.75, 3.05) is 12.5 Å². The number of benzene rings is 2. The lowest BCUT2D eigenvalue weighted by Gasteiger charge is -2.08. The highest BCUT2D eigenvalue weighted by atomic mass is 32.2. The number of thioether (sulfide) groups is 1. The highest BCUT2D eigenvalue weighted by Gasteiger charge is 2.16. The van der Waals surface area contributed by atoms with Crippen LogP contribution in [-0.2, 0) is 4.79 Å². The molecule has 0 saturated heterocycles. The molecule has 2 aromatic carbocycles. The second kappa shape index (κ2) is 5.66. The molecule has 0 fully saturated rings. The van der Waals surface area contributed by atoms with E-state index in [9.17, 15) is 9.90 Å². The summed E-state index contributed by atoms with van der Waals surface area (Å²) >= 11 is 1.69. The number of fused-ring (bicyclic) bond motifs is 2. The third-order valence-corrected chi connectivity index (χ3v) is 5.04. The van der Waals surface area contributed by atoms with Gasteiger partial charge in [0.05, 0.1) is 0 Å². The topological polar surface area (TPSA) is 55.8 Å². The highest BCUT2D eigenvalue weighted by Crippen LogP contribution is 2.38. The molecule has 2 aliphatic rings. The first-order chi connectivity index (χ1) is 11.2. The molecule has 4 rings (SSSR count). The van der Waals surface area contributed by atoms with Gasteiger partial charge in [-0.2, -0.15) is 0 Å². The first-order valence-electron chi connectivity index (χ1n) is 7.31. The number of carboxylic acid groups (broad SMARTS) is 1. The molecule has 0 unspecified atom stereocenters. The van der Waals surface area contributed by atoms with Crippen LogP contribution in [0.1, 0.15) is 12.0 Å². The van der Waals surface area contributed by atoms with Crippen molar-refractivity contribution in [3.8, 4) is 22.6 Å². The van der Waals surface area contributed by atoms with Gasteiger partial charge in [-0.25, -0.2) is 4.79 Å². The van der Waals surface area contributed by atoms with Crippen LogP contribution in [0.5, 0.6) is 11.5 Å². The maximum atomic E-state index is 11.3. The number of hydrogen-bond acceptors (Lipinski definition) is 4. The molecule has 0 atom stereocenters. The molecule has 116 valence electrons. The monoisotopic (exact) mass is 326 g/mol. The average molecular weight is 326 g/mol. The minimum atomic E-state index is -0.841. The van der Waals surface area contributed by atoms with Gasteiger partial charge < -0.3 is 14.6 Å². The second-order valence-corrected chi connectivity index (χ2v) is 6.53. The first-order valence-corrected chi connectivity index (χ1v) is 8.30. The summed E-state index contributed by atoms with van der Waals surface area (Å²) < 4.78 is 10.8. The fraction of sp³-hybridized carbons (Fsp3) is 0.167. The van der Waals surface area contributed by atoms with E-state index in [1.807, 2.05) is 24.3 Å². The van der Waals surface area contributed by atoms with Crippen molar-refractivity contribution in [3.63, 3.8) is 0 Å². The normalized spacial score (nSPS) is 15.6. The van der Waals surface area contributed by atoms with Gasteiger partial charge in [0, 0.05) is 16.2 Å². The zero-order valence-electron chi connectivity index (χ0n) is 12.2. The molecule has 2 aliphatic heterocycles. The SMILES string of the molecule is O=C(O)C1=Cc2cc(-c3ccc4c(c3)OCO4)ccc2SCC1. The predicted octanol–water partition coefficient (Wildman–Crippen LogP) is 4.05. The lowest BCUT2D eigenvalue weighted by atomic mass is 10.0. The predicted molar refractivity (Wildman–Crippen MR) is 89.0 cm³/mol. The van der Waals surface area contributed by atoms with E-state index >= 15 is 0 Å². The van der Waals surface area contributed by atoms with Crippen molar-refractivity contribution in [3.05, 3.63) is 47.5 Å². The van der Waals surface area contributed by atoms with Crippen LogP contribution in [0, 0.1) is 0 Å². The number of carboxylic acids is 1. The summed E-state index contributed by atoms with van der Waals surface area (Å²) in [5, 5.41) is 9.27. The Morgan fingerprint density at radius 2 is 1.83 bits per heavy atom. The number of rotatable bonds is 2. The maximum absolute atomic E-state index is 11.3. The van der Waals surface area contributed by atoms with Gasteiger partial charge in [-0.15, -0.1) is 11.8 Å². The van der Waals surface area contributed by atoms with Crippen LogP contribution in [-0.4, -0.2) is 23.6 Å². The summed E-state index contributed by atoms with van der Waals surface area (Å²) in [5.41, 5.74) is 3.47. The third-order valence-electron chi connectivity index (χ3n) is 3.95. The van der Waals surface area contributed by atoms with Gasteiger partial charge in [0.1, 0.15) is 0 Å². The lowest BCUT2D eigenvalue weighted by molar-refractivity contribution is -0.132. The number of carbonyl (C=O) groups is 1. The molecule has 4 nitrogen and oxygen atoms in total. The van der Waals surface area contributed by atoms with E-state index in [2.05, 4.69) is 12.1 Å². The van der Waals surface area contributed by atoms with Crippen molar-refractivity contribution in [1.29, 1.82) is 0 Å². The smallest absolute Gasteiger partial charge is 0.331 e. The maximum Gasteiger partial charge on any atom is 0.331 e. The van der Waals surface area contributed by atoms with Gasteiger partial charge in [-0.05, 0) is 53.5 Å². The summed E-state index contributed by atoms with van der Waals surface area (Å²) in [4.78, 5) is 12.4. The molecule has 1 N–H and O–H groups in total. The molecule has 0 amide bonds. The van der Waals surface area contributed by atoms with Crippen molar-refractivity contribution >= 4 is 23.8 Å². The fourth-order valence-corrected chi connectivity index (χ4v) is 3.74. The Hall–Kier alpha value is -2.40. The molecule has 0 radical (unpaired) electrons. The van der Waals surface area contributed by atoms with Crippen LogP contribution >= 0.6 is 11.8 Å². The Kier molecular flexibility index (Phi) is 3.50. The van der Waals surface area contributed by atoms with Crippen LogP contribution < -0.4 is 9.47 Å². The van der Waals surface area contributed by atoms with Crippen LogP contribution in [0.4, 0.5) is 0 Å². The van der Waals surface area contributed by atoms with E-state index < -0.39 is 5.97 Å². The number of aliphatic carboxylic acids is 1. The van der Waals surface area contributed by atoms with Gasteiger partial charge in [-0.3, -0.25) is 0 Å². The van der Waals surface area contributed by atoms with E-state index in [0.29, 0.717) is 12.0 Å². The molecule has 0 bridgehead atoms. The summed E-state index contributed by atoms with van der Waals surface area (Å²) in [6, 6.07) is 12.0. The van der Waals surface area contributed by atoms with Gasteiger partial charge in [0.25, 0.3) is 0 Å². The second-order valence-electron chi connectivity index (χ2n) is 5.39. The van der Waals surface area contributed by atoms with Crippen LogP contribution in [0.25, 0.3) is 17.2 Å². The minimum absolute atomic E-state index is 0.254. The molecule has 23 heavy (non-hydrogen) atoms. The van der Waals surface area contributed by atoms with Crippen molar-refractivity contribution in [2.45, 2.75) is 11.3 Å². The van der Waals surface area contributed by atoms with Crippen LogP contribution in [0.15, 0.2) is 46.9 Å². The zero-order chi connectivity index (χ0) is 15.8. The molecule has 2 heterocycles. The van der Waals surface area contributed by atoms with Crippen molar-refractivity contribution in [2.24, 2.45) is 0 Å². The van der Waals surface area contributed by atoms with Gasteiger partial charge in [0.15, 0.2) is 11.5 Å². The zero-order valence-corrected chi connectivity index (χ0v) is 13.1. The Labute approximate surface area is 137 Å². The van der Waals surface area contributed by atoms with Crippen molar-refractivity contribution in [1.82, 2.24) is 0 Å². The summed E-state index contributed by atoms with van der Waals surface area (Å²) in [7, 11) is 0. The molecular formula is C18H14O4S. The van der Waals surface area contributed by atoms with Crippen molar-refractivity contribution < 1.29 is 19.4 Å². The Balaban J connectivity index is 1.77. The van der Waals surface area contributed by atoms with E-state index in [4.69, 9.17) is 9.47 Å². The molecular weight excluding hydrogens is 312 g/mol.